The SMILES string of the molecule is CCCCCC[N+]1(CCC)CCCC1.[C-]#N. The smallest absolute Gasteiger partial charge is 0.0788 e. The van der Waals surface area contributed by atoms with Gasteiger partial charge in [-0.05, 0) is 19.3 Å². The van der Waals surface area contributed by atoms with Crippen LogP contribution in [0.5, 0.6) is 0 Å². The summed E-state index contributed by atoms with van der Waals surface area (Å²) in [5.41, 5.74) is 0. The second kappa shape index (κ2) is 9.66. The van der Waals surface area contributed by atoms with E-state index >= 15 is 0 Å². The van der Waals surface area contributed by atoms with Crippen LogP contribution in [0.1, 0.15) is 58.8 Å². The molecule has 94 valence electrons. The highest BCUT2D eigenvalue weighted by Gasteiger charge is 2.29. The maximum Gasteiger partial charge on any atom is 0.0788 e. The highest BCUT2D eigenvalue weighted by atomic mass is 15.4. The second-order valence-corrected chi connectivity index (χ2v) is 5.00. The predicted molar refractivity (Wildman–Crippen MR) is 68.4 cm³/mol. The Bertz CT molecular complexity index is 169. The summed E-state index contributed by atoms with van der Waals surface area (Å²) in [6, 6.07) is 0. The van der Waals surface area contributed by atoms with E-state index in [1.807, 2.05) is 0 Å². The molecule has 0 aromatic rings. The molecule has 0 bridgehead atoms. The minimum atomic E-state index is 1.37. The molecule has 1 saturated heterocycles. The molecule has 0 N–H and O–H groups in total. The van der Waals surface area contributed by atoms with Gasteiger partial charge in [0.2, 0.25) is 0 Å². The van der Waals surface area contributed by atoms with Crippen molar-refractivity contribution in [2.75, 3.05) is 26.2 Å². The van der Waals surface area contributed by atoms with Crippen LogP contribution in [-0.4, -0.2) is 30.7 Å². The van der Waals surface area contributed by atoms with Crippen molar-refractivity contribution in [2.45, 2.75) is 58.8 Å². The lowest BCUT2D eigenvalue weighted by Gasteiger charge is -2.34. The van der Waals surface area contributed by atoms with E-state index in [4.69, 9.17) is 11.8 Å². The van der Waals surface area contributed by atoms with E-state index in [-0.39, 0.29) is 0 Å². The number of unbranched alkanes of at least 4 members (excludes halogenated alkanes) is 3. The van der Waals surface area contributed by atoms with Crippen LogP contribution < -0.4 is 0 Å². The molecule has 1 heterocycles. The third kappa shape index (κ3) is 5.51. The van der Waals surface area contributed by atoms with E-state index in [2.05, 4.69) is 13.8 Å². The van der Waals surface area contributed by atoms with Gasteiger partial charge in [0.25, 0.3) is 0 Å². The minimum Gasteiger partial charge on any atom is -0.512 e. The van der Waals surface area contributed by atoms with Crippen LogP contribution in [-0.2, 0) is 0 Å². The maximum absolute atomic E-state index is 6.25. The summed E-state index contributed by atoms with van der Waals surface area (Å²) in [6.07, 6.45) is 10.1. The Morgan fingerprint density at radius 1 is 0.875 bits per heavy atom. The molecule has 0 spiro atoms. The van der Waals surface area contributed by atoms with E-state index in [9.17, 15) is 0 Å². The fraction of sp³-hybridized carbons (Fsp3) is 0.929. The summed E-state index contributed by atoms with van der Waals surface area (Å²) >= 11 is 0. The van der Waals surface area contributed by atoms with Crippen molar-refractivity contribution in [2.24, 2.45) is 0 Å². The quantitative estimate of drug-likeness (QED) is 0.367. The fourth-order valence-corrected chi connectivity index (χ4v) is 2.91. The van der Waals surface area contributed by atoms with Gasteiger partial charge in [0, 0.05) is 12.8 Å². The van der Waals surface area contributed by atoms with Crippen LogP contribution in [0.15, 0.2) is 0 Å². The van der Waals surface area contributed by atoms with Crippen LogP contribution in [0.2, 0.25) is 0 Å². The van der Waals surface area contributed by atoms with Crippen LogP contribution in [0.3, 0.4) is 0 Å². The topological polar surface area (TPSA) is 23.8 Å². The van der Waals surface area contributed by atoms with Crippen LogP contribution >= 0.6 is 0 Å². The Hall–Kier alpha value is -0.550. The first-order chi connectivity index (χ1) is 7.83. The number of hydrogen-bond donors (Lipinski definition) is 0. The molecule has 0 saturated carbocycles. The van der Waals surface area contributed by atoms with Crippen LogP contribution in [0.4, 0.5) is 0 Å². The van der Waals surface area contributed by atoms with Crippen molar-refractivity contribution >= 4 is 0 Å². The van der Waals surface area contributed by atoms with Crippen molar-refractivity contribution in [1.82, 2.24) is 0 Å². The molecule has 0 atom stereocenters. The van der Waals surface area contributed by atoms with E-state index < -0.39 is 0 Å². The number of hydrogen-bond acceptors (Lipinski definition) is 1. The summed E-state index contributed by atoms with van der Waals surface area (Å²) in [6.45, 7) is 15.2. The summed E-state index contributed by atoms with van der Waals surface area (Å²) in [5.74, 6) is 0. The number of quaternary nitrogens is 1. The van der Waals surface area contributed by atoms with Gasteiger partial charge in [0.05, 0.1) is 26.2 Å². The normalized spacial score (nSPS) is 17.8. The Kier molecular flexibility index (Phi) is 9.33. The molecule has 2 nitrogen and oxygen atoms in total. The largest absolute Gasteiger partial charge is 0.512 e. The molecular formula is C14H28N2. The lowest BCUT2D eigenvalue weighted by Crippen LogP contribution is -2.46. The zero-order chi connectivity index (χ0) is 12.3. The van der Waals surface area contributed by atoms with Crippen molar-refractivity contribution in [3.05, 3.63) is 6.57 Å². The second-order valence-electron chi connectivity index (χ2n) is 5.00. The van der Waals surface area contributed by atoms with Gasteiger partial charge in [-0.25, -0.2) is 0 Å². The van der Waals surface area contributed by atoms with Gasteiger partial charge in [-0.2, -0.15) is 0 Å². The standard InChI is InChI=1S/C13H28N.CN/c1-3-5-6-7-11-14(10-4-2)12-8-9-13-14;1-2/h3-13H2,1-2H3;/q+1;-1. The molecule has 1 fully saturated rings. The molecule has 0 radical (unpaired) electrons. The Balaban J connectivity index is 0.00000106. The first-order valence-electron chi connectivity index (χ1n) is 6.90. The molecule has 1 rings (SSSR count). The number of rotatable bonds is 7. The minimum absolute atomic E-state index is 1.37. The van der Waals surface area contributed by atoms with Crippen molar-refractivity contribution in [1.29, 1.82) is 5.26 Å². The molecule has 0 aliphatic carbocycles. The average Bonchev–Trinajstić information content (AvgIpc) is 2.77. The van der Waals surface area contributed by atoms with Gasteiger partial charge in [0.1, 0.15) is 0 Å². The lowest BCUT2D eigenvalue weighted by atomic mass is 10.2. The Labute approximate surface area is 102 Å². The van der Waals surface area contributed by atoms with Gasteiger partial charge < -0.3 is 16.3 Å². The average molecular weight is 224 g/mol. The molecule has 1 aliphatic rings. The summed E-state index contributed by atoms with van der Waals surface area (Å²) in [5, 5.41) is 6.25. The van der Waals surface area contributed by atoms with Crippen molar-refractivity contribution in [3.8, 4) is 0 Å². The van der Waals surface area contributed by atoms with Gasteiger partial charge in [0.15, 0.2) is 0 Å². The molecule has 0 aromatic carbocycles. The maximum atomic E-state index is 6.25. The Morgan fingerprint density at radius 3 is 2.00 bits per heavy atom. The van der Waals surface area contributed by atoms with Crippen molar-refractivity contribution in [3.63, 3.8) is 0 Å². The first-order valence-corrected chi connectivity index (χ1v) is 6.90. The molecule has 2 heteroatoms. The van der Waals surface area contributed by atoms with Crippen molar-refractivity contribution < 1.29 is 4.48 Å². The molecule has 1 aliphatic heterocycles. The van der Waals surface area contributed by atoms with E-state index in [0.29, 0.717) is 0 Å². The summed E-state index contributed by atoms with van der Waals surface area (Å²) in [7, 11) is 0. The molecular weight excluding hydrogens is 196 g/mol. The highest BCUT2D eigenvalue weighted by Crippen LogP contribution is 2.21. The van der Waals surface area contributed by atoms with Crippen LogP contribution in [0.25, 0.3) is 0 Å². The molecule has 16 heavy (non-hydrogen) atoms. The molecule has 0 unspecified atom stereocenters. The van der Waals surface area contributed by atoms with Gasteiger partial charge in [-0.15, -0.1) is 0 Å². The molecule has 0 amide bonds. The number of nitrogens with zero attached hydrogens (tertiary/aromatic N) is 2. The zero-order valence-corrected chi connectivity index (χ0v) is 11.2. The first kappa shape index (κ1) is 15.4. The van der Waals surface area contributed by atoms with Gasteiger partial charge in [-0.3, -0.25) is 0 Å². The van der Waals surface area contributed by atoms with E-state index in [1.165, 1.54) is 75.6 Å². The summed E-state index contributed by atoms with van der Waals surface area (Å²) in [4.78, 5) is 0. The van der Waals surface area contributed by atoms with E-state index in [1.54, 1.807) is 0 Å². The predicted octanol–water partition coefficient (Wildman–Crippen LogP) is 3.68. The molecule has 0 aromatic heterocycles. The lowest BCUT2D eigenvalue weighted by molar-refractivity contribution is -0.917. The Morgan fingerprint density at radius 2 is 1.50 bits per heavy atom. The van der Waals surface area contributed by atoms with Gasteiger partial charge >= 0.3 is 0 Å². The van der Waals surface area contributed by atoms with E-state index in [0.717, 1.165) is 0 Å². The van der Waals surface area contributed by atoms with Crippen LogP contribution in [0, 0.1) is 11.8 Å². The monoisotopic (exact) mass is 224 g/mol. The third-order valence-electron chi connectivity index (χ3n) is 3.70. The third-order valence-corrected chi connectivity index (χ3v) is 3.70. The highest BCUT2D eigenvalue weighted by molar-refractivity contribution is 4.55. The van der Waals surface area contributed by atoms with Gasteiger partial charge in [-0.1, -0.05) is 26.7 Å². The number of likely N-dealkylation sites (tertiary alicyclic amines) is 1. The zero-order valence-electron chi connectivity index (χ0n) is 11.2. The summed E-state index contributed by atoms with van der Waals surface area (Å²) < 4.78 is 1.46. The fourth-order valence-electron chi connectivity index (χ4n) is 2.91.